The van der Waals surface area contributed by atoms with Gasteiger partial charge in [-0.05, 0) is 13.8 Å². The zero-order valence-electron chi connectivity index (χ0n) is 3.90. The predicted octanol–water partition coefficient (Wildman–Crippen LogP) is 1.07. The van der Waals surface area contributed by atoms with Crippen LogP contribution in [0.1, 0.15) is 13.8 Å². The number of aliphatic hydroxyl groups excluding tert-OH is 1. The molecule has 0 aliphatic carbocycles. The summed E-state index contributed by atoms with van der Waals surface area (Å²) in [6, 6.07) is 0. The van der Waals surface area contributed by atoms with E-state index >= 15 is 0 Å². The Kier molecular flexibility index (Phi) is 15.7. The maximum absolute atomic E-state index is 8.06. The van der Waals surface area contributed by atoms with Crippen LogP contribution in [0, 0.1) is 0 Å². The van der Waals surface area contributed by atoms with Gasteiger partial charge in [0.1, 0.15) is 0 Å². The van der Waals surface area contributed by atoms with Gasteiger partial charge in [0, 0.05) is 6.10 Å². The molecular weight excluding hydrogens is 135 g/mol. The van der Waals surface area contributed by atoms with Crippen LogP contribution in [0.25, 0.3) is 0 Å². The van der Waals surface area contributed by atoms with Gasteiger partial charge < -0.3 is 5.11 Å². The fraction of sp³-hybridized carbons (Fsp3) is 1.00. The van der Waals surface area contributed by atoms with Crippen molar-refractivity contribution in [3.63, 3.8) is 0 Å². The van der Waals surface area contributed by atoms with Crippen molar-refractivity contribution in [1.82, 2.24) is 0 Å². The van der Waals surface area contributed by atoms with E-state index < -0.39 is 0 Å². The number of rotatable bonds is 0. The molecule has 0 saturated heterocycles. The van der Waals surface area contributed by atoms with E-state index in [1.165, 1.54) is 19.4 Å². The molecule has 0 aliphatic rings. The summed E-state index contributed by atoms with van der Waals surface area (Å²) in [4.78, 5) is 0. The SMILES string of the molecule is CC(C)O.[Cl][Ti]. The minimum atomic E-state index is -0.167. The molecule has 0 heterocycles. The van der Waals surface area contributed by atoms with Gasteiger partial charge in [0.25, 0.3) is 0 Å². The molecule has 0 aromatic carbocycles. The third-order valence-electron chi connectivity index (χ3n) is 0. The Hall–Kier alpha value is 0.964. The minimum absolute atomic E-state index is 0.167. The van der Waals surface area contributed by atoms with Crippen LogP contribution in [0.5, 0.6) is 0 Å². The quantitative estimate of drug-likeness (QED) is 0.503. The van der Waals surface area contributed by atoms with Crippen molar-refractivity contribution < 1.29 is 24.5 Å². The van der Waals surface area contributed by atoms with E-state index in [4.69, 9.17) is 5.11 Å². The number of aliphatic hydroxyl groups is 1. The van der Waals surface area contributed by atoms with Crippen molar-refractivity contribution in [3.05, 3.63) is 0 Å². The molecule has 1 nitrogen and oxygen atoms in total. The van der Waals surface area contributed by atoms with E-state index in [0.29, 0.717) is 0 Å². The summed E-state index contributed by atoms with van der Waals surface area (Å²) >= 11 is 1.47. The van der Waals surface area contributed by atoms with Crippen LogP contribution in [0.3, 0.4) is 0 Å². The van der Waals surface area contributed by atoms with Gasteiger partial charge in [-0.15, -0.1) is 0 Å². The van der Waals surface area contributed by atoms with Gasteiger partial charge in [-0.3, -0.25) is 0 Å². The molecule has 3 heteroatoms. The van der Waals surface area contributed by atoms with E-state index in [0.717, 1.165) is 0 Å². The molecule has 0 amide bonds. The molecule has 0 aromatic rings. The van der Waals surface area contributed by atoms with Crippen LogP contribution in [0.2, 0.25) is 0 Å². The molecule has 0 bridgehead atoms. The first-order valence-corrected chi connectivity index (χ1v) is 3.75. The van der Waals surface area contributed by atoms with Crippen LogP contribution in [0.4, 0.5) is 0 Å². The van der Waals surface area contributed by atoms with Crippen LogP contribution in [-0.4, -0.2) is 11.2 Å². The summed E-state index contributed by atoms with van der Waals surface area (Å²) in [6.45, 7) is 3.44. The molecule has 0 spiro atoms. The zero-order valence-corrected chi connectivity index (χ0v) is 6.22. The summed E-state index contributed by atoms with van der Waals surface area (Å²) in [5.74, 6) is 0. The average molecular weight is 143 g/mol. The molecule has 0 fully saturated rings. The Labute approximate surface area is 54.0 Å². The zero-order chi connectivity index (χ0) is 5.58. The summed E-state index contributed by atoms with van der Waals surface area (Å²) in [5.41, 5.74) is 0. The van der Waals surface area contributed by atoms with E-state index in [1.54, 1.807) is 13.8 Å². The molecule has 0 aromatic heterocycles. The van der Waals surface area contributed by atoms with Gasteiger partial charge in [0.2, 0.25) is 0 Å². The molecule has 37 valence electrons. The van der Waals surface area contributed by atoms with Gasteiger partial charge in [-0.2, -0.15) is 0 Å². The van der Waals surface area contributed by atoms with Crippen LogP contribution in [-0.2, 0) is 19.4 Å². The second-order valence-electron chi connectivity index (χ2n) is 1.09. The standard InChI is InChI=1S/C3H8O.ClH.Ti/c1-3(2)4;;/h3-4H,1-2H3;1H;/q;;+1/p-1. The van der Waals surface area contributed by atoms with Crippen LogP contribution >= 0.6 is 9.30 Å². The summed E-state index contributed by atoms with van der Waals surface area (Å²) in [6.07, 6.45) is -0.167. The fourth-order valence-corrected chi connectivity index (χ4v) is 0. The van der Waals surface area contributed by atoms with Crippen molar-refractivity contribution in [1.29, 1.82) is 0 Å². The molecule has 1 N–H and O–H groups in total. The van der Waals surface area contributed by atoms with Gasteiger partial charge in [0.05, 0.1) is 0 Å². The number of hydrogen-bond donors (Lipinski definition) is 1. The van der Waals surface area contributed by atoms with Crippen molar-refractivity contribution in [2.45, 2.75) is 20.0 Å². The van der Waals surface area contributed by atoms with Gasteiger partial charge in [-0.25, -0.2) is 0 Å². The number of hydrogen-bond acceptors (Lipinski definition) is 1. The molecule has 0 radical (unpaired) electrons. The number of halogens is 1. The maximum atomic E-state index is 8.06. The predicted molar refractivity (Wildman–Crippen MR) is 23.2 cm³/mol. The third-order valence-corrected chi connectivity index (χ3v) is 0. The van der Waals surface area contributed by atoms with Crippen molar-refractivity contribution in [2.24, 2.45) is 0 Å². The molecule has 6 heavy (non-hydrogen) atoms. The monoisotopic (exact) mass is 143 g/mol. The summed E-state index contributed by atoms with van der Waals surface area (Å²) in [7, 11) is 4.64. The summed E-state index contributed by atoms with van der Waals surface area (Å²) < 4.78 is 0. The first kappa shape index (κ1) is 10.1. The van der Waals surface area contributed by atoms with Crippen LogP contribution < -0.4 is 0 Å². The van der Waals surface area contributed by atoms with E-state index in [9.17, 15) is 0 Å². The van der Waals surface area contributed by atoms with Crippen molar-refractivity contribution in [2.75, 3.05) is 0 Å². The Balaban J connectivity index is 0. The Morgan fingerprint density at radius 3 is 1.50 bits per heavy atom. The van der Waals surface area contributed by atoms with E-state index in [-0.39, 0.29) is 6.10 Å². The van der Waals surface area contributed by atoms with E-state index in [2.05, 4.69) is 9.30 Å². The molecule has 0 atom stereocenters. The van der Waals surface area contributed by atoms with Gasteiger partial charge in [0.15, 0.2) is 0 Å². The average Bonchev–Trinajstić information content (AvgIpc) is 1.41. The molecule has 0 saturated carbocycles. The van der Waals surface area contributed by atoms with E-state index in [1.807, 2.05) is 0 Å². The Morgan fingerprint density at radius 1 is 1.50 bits per heavy atom. The molecule has 0 aliphatic heterocycles. The second kappa shape index (κ2) is 9.35. The fourth-order valence-electron chi connectivity index (χ4n) is 0. The molecular formula is C3H8ClOTi. The van der Waals surface area contributed by atoms with Gasteiger partial charge in [-0.1, -0.05) is 0 Å². The molecule has 0 rings (SSSR count). The molecule has 0 unspecified atom stereocenters. The first-order chi connectivity index (χ1) is 2.73. The van der Waals surface area contributed by atoms with Gasteiger partial charge >= 0.3 is 28.7 Å². The first-order valence-electron chi connectivity index (χ1n) is 1.60. The van der Waals surface area contributed by atoms with Crippen molar-refractivity contribution in [3.8, 4) is 0 Å². The van der Waals surface area contributed by atoms with Crippen LogP contribution in [0.15, 0.2) is 0 Å². The third kappa shape index (κ3) is 83.9. The normalized spacial score (nSPS) is 6.67. The second-order valence-corrected chi connectivity index (χ2v) is 1.09. The topological polar surface area (TPSA) is 20.2 Å². The summed E-state index contributed by atoms with van der Waals surface area (Å²) in [5, 5.41) is 8.06. The Bertz CT molecular complexity index is 15.5. The van der Waals surface area contributed by atoms with Crippen molar-refractivity contribution >= 4 is 9.30 Å². The Morgan fingerprint density at radius 2 is 1.50 bits per heavy atom.